The molecule has 2 aliphatic heterocycles. The number of aromatic nitrogens is 4. The Morgan fingerprint density at radius 2 is 1.71 bits per heavy atom. The summed E-state index contributed by atoms with van der Waals surface area (Å²) in [6.45, 7) is 5.21. The first-order valence-corrected chi connectivity index (χ1v) is 13.4. The quantitative estimate of drug-likeness (QED) is 0.321. The molecule has 5 aromatic rings. The van der Waals surface area contributed by atoms with E-state index in [-0.39, 0.29) is 6.04 Å². The lowest BCUT2D eigenvalue weighted by atomic mass is 10.1. The third kappa shape index (κ3) is 4.29. The number of benzene rings is 2. The van der Waals surface area contributed by atoms with Gasteiger partial charge in [0.05, 0.1) is 5.69 Å². The molecular weight excluding hydrogens is 470 g/mol. The molecule has 0 saturated carbocycles. The molecule has 2 fully saturated rings. The van der Waals surface area contributed by atoms with Crippen LogP contribution in [0.25, 0.3) is 16.9 Å². The molecule has 0 spiro atoms. The summed E-state index contributed by atoms with van der Waals surface area (Å²) in [5, 5.41) is 3.54. The first-order chi connectivity index (χ1) is 18.7. The summed E-state index contributed by atoms with van der Waals surface area (Å²) in [5.74, 6) is 1.81. The first kappa shape index (κ1) is 22.9. The van der Waals surface area contributed by atoms with Crippen LogP contribution < -0.4 is 10.2 Å². The summed E-state index contributed by atoms with van der Waals surface area (Å²) in [6.07, 6.45) is 6.92. The molecule has 2 saturated heterocycles. The van der Waals surface area contributed by atoms with Crippen molar-refractivity contribution < 1.29 is 0 Å². The SMILES string of the molecule is CC(Nc1cc(-c2cc3nccn3c(N3C[C@@H]4C[C@H]3CN4Cc3ccccc3)n2)ccn1)c1ccccc1. The van der Waals surface area contributed by atoms with E-state index in [4.69, 9.17) is 4.98 Å². The molecule has 190 valence electrons. The summed E-state index contributed by atoms with van der Waals surface area (Å²) < 4.78 is 2.13. The maximum atomic E-state index is 5.21. The number of nitrogens with zero attached hydrogens (tertiary/aromatic N) is 6. The second kappa shape index (κ2) is 9.58. The summed E-state index contributed by atoms with van der Waals surface area (Å²) >= 11 is 0. The van der Waals surface area contributed by atoms with Gasteiger partial charge in [0.2, 0.25) is 5.95 Å². The molecule has 5 heterocycles. The number of rotatable bonds is 7. The zero-order valence-electron chi connectivity index (χ0n) is 21.5. The summed E-state index contributed by atoms with van der Waals surface area (Å²) in [7, 11) is 0. The Hall–Kier alpha value is -4.23. The summed E-state index contributed by atoms with van der Waals surface area (Å²) in [6, 6.07) is 28.6. The number of pyridine rings is 1. The van der Waals surface area contributed by atoms with Crippen molar-refractivity contribution in [3.63, 3.8) is 0 Å². The van der Waals surface area contributed by atoms with Gasteiger partial charge in [-0.1, -0.05) is 60.7 Å². The predicted molar refractivity (Wildman–Crippen MR) is 151 cm³/mol. The van der Waals surface area contributed by atoms with Gasteiger partial charge in [0.15, 0.2) is 0 Å². The van der Waals surface area contributed by atoms with E-state index in [9.17, 15) is 0 Å². The molecule has 38 heavy (non-hydrogen) atoms. The van der Waals surface area contributed by atoms with E-state index in [1.165, 1.54) is 17.5 Å². The van der Waals surface area contributed by atoms with Crippen LogP contribution in [-0.4, -0.2) is 49.4 Å². The number of fused-ring (bicyclic) bond motifs is 3. The number of nitrogens with one attached hydrogen (secondary N) is 1. The predicted octanol–water partition coefficient (Wildman–Crippen LogP) is 5.43. The normalized spacial score (nSPS) is 19.8. The third-order valence-corrected chi connectivity index (χ3v) is 7.93. The lowest BCUT2D eigenvalue weighted by Crippen LogP contribution is -2.46. The summed E-state index contributed by atoms with van der Waals surface area (Å²) in [5.41, 5.74) is 5.47. The van der Waals surface area contributed by atoms with Crippen molar-refractivity contribution in [2.24, 2.45) is 0 Å². The van der Waals surface area contributed by atoms with E-state index in [0.717, 1.165) is 48.3 Å². The highest BCUT2D eigenvalue weighted by Gasteiger charge is 2.44. The molecule has 7 heteroatoms. The maximum absolute atomic E-state index is 5.21. The van der Waals surface area contributed by atoms with Crippen LogP contribution in [0.5, 0.6) is 0 Å². The number of hydrogen-bond donors (Lipinski definition) is 1. The monoisotopic (exact) mass is 501 g/mol. The van der Waals surface area contributed by atoms with Gasteiger partial charge in [-0.3, -0.25) is 9.30 Å². The van der Waals surface area contributed by atoms with Gasteiger partial charge >= 0.3 is 0 Å². The van der Waals surface area contributed by atoms with Crippen LogP contribution in [0.2, 0.25) is 0 Å². The molecule has 2 bridgehead atoms. The van der Waals surface area contributed by atoms with Crippen LogP contribution in [0.4, 0.5) is 11.8 Å². The van der Waals surface area contributed by atoms with E-state index in [2.05, 4.69) is 103 Å². The lowest BCUT2D eigenvalue weighted by molar-refractivity contribution is 0.229. The van der Waals surface area contributed by atoms with Gasteiger partial charge in [0.1, 0.15) is 11.5 Å². The van der Waals surface area contributed by atoms with Gasteiger partial charge in [0.25, 0.3) is 0 Å². The van der Waals surface area contributed by atoms with Gasteiger partial charge < -0.3 is 10.2 Å². The Morgan fingerprint density at radius 3 is 2.50 bits per heavy atom. The molecule has 7 nitrogen and oxygen atoms in total. The van der Waals surface area contributed by atoms with Crippen molar-refractivity contribution >= 4 is 17.4 Å². The second-order valence-electron chi connectivity index (χ2n) is 10.4. The standard InChI is InChI=1S/C31H31N7/c1-22(24-10-6-3-7-11-24)34-29-16-25(12-13-32-29)28-18-30-33-14-15-37(30)31(35-28)38-21-26-17-27(38)20-36(26)19-23-8-4-2-5-9-23/h2-16,18,22,26-27H,17,19-21H2,1H3,(H,32,34)/t22?,26-,27-/m0/s1. The van der Waals surface area contributed by atoms with Crippen LogP contribution in [0, 0.1) is 0 Å². The van der Waals surface area contributed by atoms with E-state index in [1.807, 2.05) is 30.7 Å². The van der Waals surface area contributed by atoms with Gasteiger partial charge in [-0.05, 0) is 36.6 Å². The molecule has 2 aromatic carbocycles. The van der Waals surface area contributed by atoms with Crippen LogP contribution >= 0.6 is 0 Å². The van der Waals surface area contributed by atoms with Crippen LogP contribution in [0.15, 0.2) is 97.5 Å². The number of imidazole rings is 1. The largest absolute Gasteiger partial charge is 0.364 e. The minimum absolute atomic E-state index is 0.149. The molecule has 0 aliphatic carbocycles. The average Bonchev–Trinajstić information content (AvgIpc) is 3.70. The van der Waals surface area contributed by atoms with Crippen LogP contribution in [0.1, 0.15) is 30.5 Å². The Balaban J connectivity index is 1.15. The molecule has 1 N–H and O–H groups in total. The van der Waals surface area contributed by atoms with E-state index in [0.29, 0.717) is 12.1 Å². The zero-order valence-corrected chi connectivity index (χ0v) is 21.5. The molecule has 0 amide bonds. The smallest absolute Gasteiger partial charge is 0.212 e. The molecule has 1 unspecified atom stereocenters. The van der Waals surface area contributed by atoms with Gasteiger partial charge in [-0.15, -0.1) is 0 Å². The number of likely N-dealkylation sites (tertiary alicyclic amines) is 1. The Kier molecular flexibility index (Phi) is 5.78. The molecule has 0 radical (unpaired) electrons. The van der Waals surface area contributed by atoms with Crippen LogP contribution in [0.3, 0.4) is 0 Å². The minimum atomic E-state index is 0.149. The van der Waals surface area contributed by atoms with Crippen molar-refractivity contribution in [3.05, 3.63) is 109 Å². The van der Waals surface area contributed by atoms with E-state index < -0.39 is 0 Å². The van der Waals surface area contributed by atoms with Gasteiger partial charge in [-0.2, -0.15) is 0 Å². The fourth-order valence-corrected chi connectivity index (χ4v) is 5.98. The number of anilines is 2. The fourth-order valence-electron chi connectivity index (χ4n) is 5.98. The molecule has 3 aromatic heterocycles. The van der Waals surface area contributed by atoms with Crippen molar-refractivity contribution in [1.29, 1.82) is 0 Å². The van der Waals surface area contributed by atoms with Gasteiger partial charge in [-0.25, -0.2) is 15.0 Å². The van der Waals surface area contributed by atoms with Crippen molar-refractivity contribution in [3.8, 4) is 11.3 Å². The topological polar surface area (TPSA) is 61.6 Å². The molecule has 2 aliphatic rings. The zero-order chi connectivity index (χ0) is 25.5. The molecule has 7 rings (SSSR count). The third-order valence-electron chi connectivity index (χ3n) is 7.93. The highest BCUT2D eigenvalue weighted by molar-refractivity contribution is 5.68. The first-order valence-electron chi connectivity index (χ1n) is 13.4. The van der Waals surface area contributed by atoms with E-state index >= 15 is 0 Å². The van der Waals surface area contributed by atoms with Crippen molar-refractivity contribution in [2.45, 2.75) is 38.0 Å². The molecular formula is C31H31N7. The Bertz CT molecular complexity index is 1550. The fraction of sp³-hybridized carbons (Fsp3) is 0.258. The molecule has 3 atom stereocenters. The average molecular weight is 502 g/mol. The minimum Gasteiger partial charge on any atom is -0.364 e. The highest BCUT2D eigenvalue weighted by atomic mass is 15.4. The lowest BCUT2D eigenvalue weighted by Gasteiger charge is -2.35. The van der Waals surface area contributed by atoms with Gasteiger partial charge in [0, 0.05) is 68.0 Å². The Labute approximate surface area is 222 Å². The van der Waals surface area contributed by atoms with Crippen molar-refractivity contribution in [2.75, 3.05) is 23.3 Å². The van der Waals surface area contributed by atoms with Crippen LogP contribution in [-0.2, 0) is 6.54 Å². The maximum Gasteiger partial charge on any atom is 0.212 e. The number of piperazine rings is 1. The number of hydrogen-bond acceptors (Lipinski definition) is 6. The van der Waals surface area contributed by atoms with E-state index in [1.54, 1.807) is 0 Å². The summed E-state index contributed by atoms with van der Waals surface area (Å²) in [4.78, 5) is 19.5. The second-order valence-corrected chi connectivity index (χ2v) is 10.4. The Morgan fingerprint density at radius 1 is 0.895 bits per heavy atom. The highest BCUT2D eigenvalue weighted by Crippen LogP contribution is 2.36. The van der Waals surface area contributed by atoms with Crippen molar-refractivity contribution in [1.82, 2.24) is 24.3 Å².